The average Bonchev–Trinajstić information content (AvgIpc) is 2.37. The Kier molecular flexibility index (Phi) is 3.46. The Labute approximate surface area is 101 Å². The summed E-state index contributed by atoms with van der Waals surface area (Å²) in [4.78, 5) is 15.8. The summed E-state index contributed by atoms with van der Waals surface area (Å²) in [5, 5.41) is 0. The van der Waals surface area contributed by atoms with Gasteiger partial charge in [-0.1, -0.05) is 42.0 Å². The van der Waals surface area contributed by atoms with Crippen molar-refractivity contribution in [1.29, 1.82) is 0 Å². The normalized spacial score (nSPS) is 10.6. The summed E-state index contributed by atoms with van der Waals surface area (Å²) in [7, 11) is 0. The predicted octanol–water partition coefficient (Wildman–Crippen LogP) is 3.29. The number of aromatic nitrogens is 1. The van der Waals surface area contributed by atoms with Gasteiger partial charge in [0.1, 0.15) is 5.69 Å². The zero-order valence-corrected chi connectivity index (χ0v) is 9.63. The number of pyridine rings is 1. The van der Waals surface area contributed by atoms with Crippen molar-refractivity contribution >= 4 is 11.9 Å². The Balaban J connectivity index is 2.14. The molecule has 0 saturated carbocycles. The van der Waals surface area contributed by atoms with Crippen molar-refractivity contribution in [1.82, 2.24) is 4.98 Å². The van der Waals surface area contributed by atoms with E-state index >= 15 is 0 Å². The SMILES string of the molecule is Cc1cccc(C=CC(=O)c2ccccn2)c1. The predicted molar refractivity (Wildman–Crippen MR) is 68.8 cm³/mol. The van der Waals surface area contributed by atoms with Crippen LogP contribution >= 0.6 is 0 Å². The molecule has 2 aromatic rings. The third kappa shape index (κ3) is 3.11. The molecule has 0 atom stereocenters. The molecule has 0 amide bonds. The minimum absolute atomic E-state index is 0.0768. The highest BCUT2D eigenvalue weighted by Gasteiger charge is 2.00. The molecular formula is C15H13NO. The van der Waals surface area contributed by atoms with E-state index in [0.717, 1.165) is 5.56 Å². The highest BCUT2D eigenvalue weighted by atomic mass is 16.1. The molecule has 1 heterocycles. The second kappa shape index (κ2) is 5.21. The van der Waals surface area contributed by atoms with Gasteiger partial charge in [0.2, 0.25) is 5.78 Å². The number of aryl methyl sites for hydroxylation is 1. The second-order valence-electron chi connectivity index (χ2n) is 3.83. The summed E-state index contributed by atoms with van der Waals surface area (Å²) >= 11 is 0. The maximum Gasteiger partial charge on any atom is 0.204 e. The van der Waals surface area contributed by atoms with E-state index in [0.29, 0.717) is 5.69 Å². The zero-order chi connectivity index (χ0) is 12.1. The van der Waals surface area contributed by atoms with Crippen LogP contribution in [0.15, 0.2) is 54.7 Å². The minimum atomic E-state index is -0.0768. The average molecular weight is 223 g/mol. The van der Waals surface area contributed by atoms with Gasteiger partial charge in [0.15, 0.2) is 0 Å². The summed E-state index contributed by atoms with van der Waals surface area (Å²) in [6.45, 7) is 2.03. The summed E-state index contributed by atoms with van der Waals surface area (Å²) in [5.41, 5.74) is 2.67. The lowest BCUT2D eigenvalue weighted by atomic mass is 10.1. The molecule has 0 unspecified atom stereocenters. The van der Waals surface area contributed by atoms with E-state index in [4.69, 9.17) is 0 Å². The van der Waals surface area contributed by atoms with Crippen molar-refractivity contribution in [2.75, 3.05) is 0 Å². The van der Waals surface area contributed by atoms with Gasteiger partial charge in [-0.3, -0.25) is 9.78 Å². The van der Waals surface area contributed by atoms with Crippen LogP contribution in [-0.4, -0.2) is 10.8 Å². The van der Waals surface area contributed by atoms with Gasteiger partial charge in [0.05, 0.1) is 0 Å². The molecule has 0 radical (unpaired) electrons. The molecule has 17 heavy (non-hydrogen) atoms. The summed E-state index contributed by atoms with van der Waals surface area (Å²) in [6, 6.07) is 13.3. The fourth-order valence-corrected chi connectivity index (χ4v) is 1.54. The molecule has 2 nitrogen and oxygen atoms in total. The van der Waals surface area contributed by atoms with E-state index in [1.165, 1.54) is 5.56 Å². The number of rotatable bonds is 3. The van der Waals surface area contributed by atoms with E-state index in [9.17, 15) is 4.79 Å². The van der Waals surface area contributed by atoms with Crippen molar-refractivity contribution in [2.24, 2.45) is 0 Å². The van der Waals surface area contributed by atoms with Crippen LogP contribution in [0.25, 0.3) is 6.08 Å². The molecule has 0 spiro atoms. The Morgan fingerprint density at radius 3 is 2.76 bits per heavy atom. The number of allylic oxidation sites excluding steroid dienone is 1. The molecular weight excluding hydrogens is 210 g/mol. The summed E-state index contributed by atoms with van der Waals surface area (Å²) in [6.07, 6.45) is 4.98. The van der Waals surface area contributed by atoms with Crippen LogP contribution in [-0.2, 0) is 0 Å². The Bertz CT molecular complexity index is 544. The molecule has 0 fully saturated rings. The number of hydrogen-bond donors (Lipinski definition) is 0. The van der Waals surface area contributed by atoms with Gasteiger partial charge in [-0.05, 0) is 30.7 Å². The number of hydrogen-bond acceptors (Lipinski definition) is 2. The second-order valence-corrected chi connectivity index (χ2v) is 3.83. The molecule has 0 aliphatic heterocycles. The maximum atomic E-state index is 11.8. The van der Waals surface area contributed by atoms with Crippen LogP contribution in [0.5, 0.6) is 0 Å². The van der Waals surface area contributed by atoms with Gasteiger partial charge in [0.25, 0.3) is 0 Å². The smallest absolute Gasteiger partial charge is 0.204 e. The van der Waals surface area contributed by atoms with Gasteiger partial charge >= 0.3 is 0 Å². The van der Waals surface area contributed by atoms with Crippen molar-refractivity contribution < 1.29 is 4.79 Å². The molecule has 1 aromatic heterocycles. The molecule has 0 saturated heterocycles. The van der Waals surface area contributed by atoms with E-state index in [2.05, 4.69) is 4.98 Å². The first-order valence-electron chi connectivity index (χ1n) is 5.46. The monoisotopic (exact) mass is 223 g/mol. The topological polar surface area (TPSA) is 30.0 Å². The molecule has 0 aliphatic carbocycles. The fourth-order valence-electron chi connectivity index (χ4n) is 1.54. The lowest BCUT2D eigenvalue weighted by Gasteiger charge is -1.96. The fraction of sp³-hybridized carbons (Fsp3) is 0.0667. The van der Waals surface area contributed by atoms with Gasteiger partial charge in [-0.15, -0.1) is 0 Å². The number of benzene rings is 1. The lowest BCUT2D eigenvalue weighted by molar-refractivity contribution is 0.104. The lowest BCUT2D eigenvalue weighted by Crippen LogP contribution is -1.96. The van der Waals surface area contributed by atoms with Gasteiger partial charge in [-0.25, -0.2) is 0 Å². The Morgan fingerprint density at radius 1 is 1.18 bits per heavy atom. The first kappa shape index (κ1) is 11.3. The largest absolute Gasteiger partial charge is 0.288 e. The quantitative estimate of drug-likeness (QED) is 0.590. The molecule has 1 aromatic carbocycles. The molecule has 2 rings (SSSR count). The molecule has 0 aliphatic rings. The van der Waals surface area contributed by atoms with Gasteiger partial charge in [0, 0.05) is 6.20 Å². The van der Waals surface area contributed by atoms with Crippen LogP contribution in [0.4, 0.5) is 0 Å². The standard InChI is InChI=1S/C15H13NO/c1-12-5-4-6-13(11-12)8-9-15(17)14-7-2-3-10-16-14/h2-11H,1H3. The molecule has 84 valence electrons. The van der Waals surface area contributed by atoms with Crippen LogP contribution in [0, 0.1) is 6.92 Å². The van der Waals surface area contributed by atoms with E-state index in [1.54, 1.807) is 30.5 Å². The highest BCUT2D eigenvalue weighted by Crippen LogP contribution is 2.07. The Hall–Kier alpha value is -2.22. The molecule has 0 bridgehead atoms. The van der Waals surface area contributed by atoms with Gasteiger partial charge < -0.3 is 0 Å². The summed E-state index contributed by atoms with van der Waals surface area (Å²) in [5.74, 6) is -0.0768. The first-order valence-corrected chi connectivity index (χ1v) is 5.46. The minimum Gasteiger partial charge on any atom is -0.288 e. The van der Waals surface area contributed by atoms with E-state index in [-0.39, 0.29) is 5.78 Å². The Morgan fingerprint density at radius 2 is 2.06 bits per heavy atom. The third-order valence-electron chi connectivity index (χ3n) is 2.39. The molecule has 0 N–H and O–H groups in total. The van der Waals surface area contributed by atoms with Crippen molar-refractivity contribution in [2.45, 2.75) is 6.92 Å². The number of carbonyl (C=O) groups excluding carboxylic acids is 1. The van der Waals surface area contributed by atoms with Crippen molar-refractivity contribution in [3.8, 4) is 0 Å². The zero-order valence-electron chi connectivity index (χ0n) is 9.63. The van der Waals surface area contributed by atoms with Crippen molar-refractivity contribution in [3.05, 3.63) is 71.6 Å². The van der Waals surface area contributed by atoms with Gasteiger partial charge in [-0.2, -0.15) is 0 Å². The summed E-state index contributed by atoms with van der Waals surface area (Å²) < 4.78 is 0. The van der Waals surface area contributed by atoms with Crippen molar-refractivity contribution in [3.63, 3.8) is 0 Å². The highest BCUT2D eigenvalue weighted by molar-refractivity contribution is 6.05. The van der Waals surface area contributed by atoms with Crippen LogP contribution < -0.4 is 0 Å². The number of nitrogens with zero attached hydrogens (tertiary/aromatic N) is 1. The molecule has 2 heteroatoms. The number of carbonyl (C=O) groups is 1. The maximum absolute atomic E-state index is 11.8. The van der Waals surface area contributed by atoms with E-state index < -0.39 is 0 Å². The number of ketones is 1. The third-order valence-corrected chi connectivity index (χ3v) is 2.39. The van der Waals surface area contributed by atoms with Crippen LogP contribution in [0.1, 0.15) is 21.6 Å². The van der Waals surface area contributed by atoms with E-state index in [1.807, 2.05) is 37.3 Å². The van der Waals surface area contributed by atoms with Crippen LogP contribution in [0.3, 0.4) is 0 Å². The first-order chi connectivity index (χ1) is 8.25. The van der Waals surface area contributed by atoms with Crippen LogP contribution in [0.2, 0.25) is 0 Å².